The van der Waals surface area contributed by atoms with Crippen molar-refractivity contribution in [2.24, 2.45) is 7.05 Å². The van der Waals surface area contributed by atoms with Gasteiger partial charge in [-0.25, -0.2) is 18.1 Å². The van der Waals surface area contributed by atoms with E-state index in [9.17, 15) is 8.42 Å². The van der Waals surface area contributed by atoms with Gasteiger partial charge in [0.15, 0.2) is 0 Å². The van der Waals surface area contributed by atoms with E-state index < -0.39 is 10.0 Å². The van der Waals surface area contributed by atoms with Crippen molar-refractivity contribution in [1.82, 2.24) is 14.3 Å². The zero-order chi connectivity index (χ0) is 19.0. The van der Waals surface area contributed by atoms with Crippen molar-refractivity contribution in [3.05, 3.63) is 71.7 Å². The number of benzene rings is 2. The highest BCUT2D eigenvalue weighted by Gasteiger charge is 2.24. The molecule has 0 fully saturated rings. The van der Waals surface area contributed by atoms with Gasteiger partial charge >= 0.3 is 0 Å². The summed E-state index contributed by atoms with van der Waals surface area (Å²) in [6, 6.07) is 14.0. The summed E-state index contributed by atoms with van der Waals surface area (Å²) in [6.45, 7) is 0. The van der Waals surface area contributed by atoms with Crippen molar-refractivity contribution in [3.8, 4) is 11.3 Å². The Kier molecular flexibility index (Phi) is 4.61. The number of aromatic nitrogens is 2. The molecule has 6 heteroatoms. The molecule has 0 unspecified atom stereocenters. The molecule has 1 atom stereocenters. The van der Waals surface area contributed by atoms with Gasteiger partial charge in [-0.1, -0.05) is 30.3 Å². The molecular formula is C21H23N3O2S. The lowest BCUT2D eigenvalue weighted by atomic mass is 9.90. The van der Waals surface area contributed by atoms with Crippen LogP contribution < -0.4 is 4.72 Å². The molecule has 1 N–H and O–H groups in total. The van der Waals surface area contributed by atoms with Crippen LogP contribution in [0.5, 0.6) is 0 Å². The lowest BCUT2D eigenvalue weighted by Crippen LogP contribution is -2.18. The van der Waals surface area contributed by atoms with E-state index in [1.165, 1.54) is 18.2 Å². The fraction of sp³-hybridized carbons (Fsp3) is 0.286. The van der Waals surface area contributed by atoms with Crippen LogP contribution in [0.3, 0.4) is 0 Å². The van der Waals surface area contributed by atoms with Crippen LogP contribution >= 0.6 is 0 Å². The molecule has 0 radical (unpaired) electrons. The van der Waals surface area contributed by atoms with E-state index in [0.717, 1.165) is 36.1 Å². The van der Waals surface area contributed by atoms with Gasteiger partial charge < -0.3 is 4.57 Å². The van der Waals surface area contributed by atoms with E-state index in [1.807, 2.05) is 23.9 Å². The minimum atomic E-state index is -3.50. The van der Waals surface area contributed by atoms with Crippen molar-refractivity contribution in [2.75, 3.05) is 7.05 Å². The Bertz CT molecular complexity index is 1090. The van der Waals surface area contributed by atoms with Gasteiger partial charge in [0.1, 0.15) is 0 Å². The Hall–Kier alpha value is -2.44. The Balaban J connectivity index is 1.76. The van der Waals surface area contributed by atoms with Gasteiger partial charge in [0.25, 0.3) is 0 Å². The van der Waals surface area contributed by atoms with Crippen LogP contribution in [-0.4, -0.2) is 25.0 Å². The van der Waals surface area contributed by atoms with Gasteiger partial charge in [0.05, 0.1) is 16.9 Å². The minimum absolute atomic E-state index is 0.265. The topological polar surface area (TPSA) is 64.0 Å². The average molecular weight is 382 g/mol. The highest BCUT2D eigenvalue weighted by molar-refractivity contribution is 7.89. The molecule has 1 aliphatic rings. The molecule has 4 rings (SSSR count). The van der Waals surface area contributed by atoms with Crippen LogP contribution in [0.1, 0.15) is 29.0 Å². The fourth-order valence-electron chi connectivity index (χ4n) is 3.93. The summed E-state index contributed by atoms with van der Waals surface area (Å²) in [7, 11) is -0.155. The number of nitrogens with one attached hydrogen (secondary N) is 1. The zero-order valence-corrected chi connectivity index (χ0v) is 16.3. The van der Waals surface area contributed by atoms with Gasteiger partial charge in [0.2, 0.25) is 10.0 Å². The molecule has 0 saturated heterocycles. The molecular weight excluding hydrogens is 358 g/mol. The van der Waals surface area contributed by atoms with E-state index in [4.69, 9.17) is 0 Å². The first-order chi connectivity index (χ1) is 13.0. The monoisotopic (exact) mass is 381 g/mol. The molecule has 0 saturated carbocycles. The minimum Gasteiger partial charge on any atom is -0.340 e. The van der Waals surface area contributed by atoms with Crippen LogP contribution in [0.2, 0.25) is 0 Å². The number of rotatable bonds is 5. The second-order valence-electron chi connectivity index (χ2n) is 7.09. The van der Waals surface area contributed by atoms with Crippen LogP contribution in [0.4, 0.5) is 0 Å². The summed E-state index contributed by atoms with van der Waals surface area (Å²) in [4.78, 5) is 4.73. The van der Waals surface area contributed by atoms with Gasteiger partial charge in [-0.05, 0) is 61.1 Å². The number of sulfonamides is 1. The average Bonchev–Trinajstić information content (AvgIpc) is 3.28. The first-order valence-electron chi connectivity index (χ1n) is 9.10. The fourth-order valence-corrected chi connectivity index (χ4v) is 4.69. The van der Waals surface area contributed by atoms with E-state index in [-0.39, 0.29) is 4.90 Å². The summed E-state index contributed by atoms with van der Waals surface area (Å²) < 4.78 is 28.8. The molecule has 27 heavy (non-hydrogen) atoms. The zero-order valence-electron chi connectivity index (χ0n) is 15.5. The molecule has 0 bridgehead atoms. The maximum Gasteiger partial charge on any atom is 0.240 e. The second kappa shape index (κ2) is 6.94. The summed E-state index contributed by atoms with van der Waals surface area (Å²) in [5, 5.41) is 0. The third-order valence-electron chi connectivity index (χ3n) is 5.36. The SMILES string of the molecule is CNS(=O)(=O)c1ccc(C[C@H]2CCc3ccccc32)c(-c2cn(C)cn2)c1. The Morgan fingerprint density at radius 3 is 2.78 bits per heavy atom. The third kappa shape index (κ3) is 3.42. The summed E-state index contributed by atoms with van der Waals surface area (Å²) >= 11 is 0. The van der Waals surface area contributed by atoms with Crippen LogP contribution in [0.15, 0.2) is 59.9 Å². The number of aryl methyl sites for hydroxylation is 2. The number of fused-ring (bicyclic) bond motifs is 1. The predicted octanol–water partition coefficient (Wildman–Crippen LogP) is 3.27. The number of hydrogen-bond donors (Lipinski definition) is 1. The van der Waals surface area contributed by atoms with Crippen molar-refractivity contribution >= 4 is 10.0 Å². The number of hydrogen-bond acceptors (Lipinski definition) is 3. The summed E-state index contributed by atoms with van der Waals surface area (Å²) in [5.74, 6) is 0.454. The molecule has 3 aromatic rings. The van der Waals surface area contributed by atoms with E-state index in [0.29, 0.717) is 5.92 Å². The summed E-state index contributed by atoms with van der Waals surface area (Å²) in [6.07, 6.45) is 6.77. The third-order valence-corrected chi connectivity index (χ3v) is 6.78. The van der Waals surface area contributed by atoms with E-state index in [1.54, 1.807) is 18.5 Å². The number of imidazole rings is 1. The molecule has 0 spiro atoms. The van der Waals surface area contributed by atoms with E-state index in [2.05, 4.69) is 34.0 Å². The van der Waals surface area contributed by atoms with Crippen molar-refractivity contribution in [1.29, 1.82) is 0 Å². The van der Waals surface area contributed by atoms with Gasteiger partial charge in [-0.15, -0.1) is 0 Å². The Labute approximate surface area is 160 Å². The molecule has 1 aliphatic carbocycles. The highest BCUT2D eigenvalue weighted by atomic mass is 32.2. The lowest BCUT2D eigenvalue weighted by Gasteiger charge is -2.16. The Morgan fingerprint density at radius 1 is 1.22 bits per heavy atom. The van der Waals surface area contributed by atoms with Gasteiger partial charge in [0, 0.05) is 18.8 Å². The highest BCUT2D eigenvalue weighted by Crippen LogP contribution is 2.37. The molecule has 5 nitrogen and oxygen atoms in total. The summed E-state index contributed by atoms with van der Waals surface area (Å²) in [5.41, 5.74) is 5.65. The molecule has 0 aliphatic heterocycles. The Morgan fingerprint density at radius 2 is 2.04 bits per heavy atom. The smallest absolute Gasteiger partial charge is 0.240 e. The standard InChI is InChI=1S/C21H23N3O2S/c1-22-27(25,26)18-10-9-17(20(12-18)21-13-24(2)14-23-21)11-16-8-7-15-5-3-4-6-19(15)16/h3-6,9-10,12-14,16,22H,7-8,11H2,1-2H3/t16-/m1/s1. The van der Waals surface area contributed by atoms with Crippen LogP contribution in [0.25, 0.3) is 11.3 Å². The molecule has 2 aromatic carbocycles. The van der Waals surface area contributed by atoms with E-state index >= 15 is 0 Å². The van der Waals surface area contributed by atoms with Crippen molar-refractivity contribution < 1.29 is 8.42 Å². The largest absolute Gasteiger partial charge is 0.340 e. The van der Waals surface area contributed by atoms with Gasteiger partial charge in [-0.2, -0.15) is 0 Å². The van der Waals surface area contributed by atoms with Crippen LogP contribution in [-0.2, 0) is 29.9 Å². The maximum absolute atomic E-state index is 12.3. The normalized spacial score (nSPS) is 16.4. The first-order valence-corrected chi connectivity index (χ1v) is 10.6. The van der Waals surface area contributed by atoms with Gasteiger partial charge in [-0.3, -0.25) is 0 Å². The second-order valence-corrected chi connectivity index (χ2v) is 8.98. The molecule has 1 aromatic heterocycles. The van der Waals surface area contributed by atoms with Crippen molar-refractivity contribution in [3.63, 3.8) is 0 Å². The quantitative estimate of drug-likeness (QED) is 0.738. The molecule has 140 valence electrons. The van der Waals surface area contributed by atoms with Crippen molar-refractivity contribution in [2.45, 2.75) is 30.1 Å². The predicted molar refractivity (Wildman–Crippen MR) is 106 cm³/mol. The van der Waals surface area contributed by atoms with Crippen LogP contribution in [0, 0.1) is 0 Å². The lowest BCUT2D eigenvalue weighted by molar-refractivity contribution is 0.588. The first kappa shape index (κ1) is 17.9. The molecule has 0 amide bonds. The molecule has 1 heterocycles. The number of nitrogens with zero attached hydrogens (tertiary/aromatic N) is 2. The maximum atomic E-state index is 12.3.